The number of hydrogen-bond acceptors (Lipinski definition) is 3. The number of aliphatic hydroxyl groups excluding tert-OH is 1. The molecule has 2 atom stereocenters. The number of ether oxygens (including phenoxy) is 1. The highest BCUT2D eigenvalue weighted by molar-refractivity contribution is 9.10. The molecule has 0 fully saturated rings. The van der Waals surface area contributed by atoms with Gasteiger partial charge in [-0.3, -0.25) is 0 Å². The minimum Gasteiger partial charge on any atom is -0.389 e. The largest absolute Gasteiger partial charge is 0.389 e. The second-order valence-corrected chi connectivity index (χ2v) is 4.91. The molecule has 2 N–H and O–H groups in total. The fraction of sp³-hybridized carbons (Fsp3) is 0.538. The predicted molar refractivity (Wildman–Crippen MR) is 73.1 cm³/mol. The molecule has 4 heteroatoms. The molecule has 0 aromatic heterocycles. The van der Waals surface area contributed by atoms with Crippen molar-refractivity contribution < 1.29 is 9.84 Å². The summed E-state index contributed by atoms with van der Waals surface area (Å²) < 4.78 is 6.22. The van der Waals surface area contributed by atoms with Crippen LogP contribution in [0.2, 0.25) is 0 Å². The summed E-state index contributed by atoms with van der Waals surface area (Å²) in [6, 6.07) is 8.36. The maximum atomic E-state index is 9.63. The molecule has 0 spiro atoms. The lowest BCUT2D eigenvalue weighted by molar-refractivity contribution is 0.0416. The topological polar surface area (TPSA) is 41.5 Å². The van der Waals surface area contributed by atoms with E-state index < -0.39 is 6.10 Å². The first-order valence-corrected chi connectivity index (χ1v) is 6.67. The van der Waals surface area contributed by atoms with Gasteiger partial charge < -0.3 is 15.2 Å². The Labute approximate surface area is 111 Å². The molecular weight excluding hydrogens is 282 g/mol. The van der Waals surface area contributed by atoms with Gasteiger partial charge in [-0.15, -0.1) is 0 Å². The number of nitrogens with one attached hydrogen (secondary N) is 1. The second kappa shape index (κ2) is 7.82. The minimum atomic E-state index is -0.454. The molecule has 0 aliphatic rings. The summed E-state index contributed by atoms with van der Waals surface area (Å²) >= 11 is 3.45. The lowest BCUT2D eigenvalue weighted by Crippen LogP contribution is -2.32. The molecule has 96 valence electrons. The van der Waals surface area contributed by atoms with Crippen molar-refractivity contribution in [3.8, 4) is 0 Å². The van der Waals surface area contributed by atoms with E-state index in [0.717, 1.165) is 4.47 Å². The fourth-order valence-corrected chi connectivity index (χ4v) is 1.94. The zero-order valence-electron chi connectivity index (χ0n) is 10.3. The normalized spacial score (nSPS) is 14.6. The lowest BCUT2D eigenvalue weighted by atomic mass is 10.1. The molecule has 17 heavy (non-hydrogen) atoms. The number of benzene rings is 1. The summed E-state index contributed by atoms with van der Waals surface area (Å²) in [5.74, 6) is 0. The van der Waals surface area contributed by atoms with E-state index in [1.54, 1.807) is 0 Å². The zero-order valence-corrected chi connectivity index (χ0v) is 11.9. The Kier molecular flexibility index (Phi) is 6.73. The molecule has 1 rings (SSSR count). The van der Waals surface area contributed by atoms with Gasteiger partial charge in [0.05, 0.1) is 12.7 Å². The van der Waals surface area contributed by atoms with E-state index in [9.17, 15) is 5.11 Å². The maximum absolute atomic E-state index is 9.63. The third-order valence-electron chi connectivity index (χ3n) is 2.52. The third kappa shape index (κ3) is 5.64. The van der Waals surface area contributed by atoms with Crippen molar-refractivity contribution >= 4 is 15.9 Å². The van der Waals surface area contributed by atoms with E-state index in [4.69, 9.17) is 4.74 Å². The van der Waals surface area contributed by atoms with Crippen molar-refractivity contribution in [3.05, 3.63) is 34.3 Å². The summed E-state index contributed by atoms with van der Waals surface area (Å²) in [6.07, 6.45) is -0.454. The summed E-state index contributed by atoms with van der Waals surface area (Å²) in [5.41, 5.74) is 1.20. The van der Waals surface area contributed by atoms with Crippen LogP contribution in [0, 0.1) is 0 Å². The Morgan fingerprint density at radius 2 is 2.24 bits per heavy atom. The summed E-state index contributed by atoms with van der Waals surface area (Å²) in [5, 5.41) is 12.9. The summed E-state index contributed by atoms with van der Waals surface area (Å²) in [7, 11) is 0. The van der Waals surface area contributed by atoms with Crippen LogP contribution in [0.1, 0.15) is 25.5 Å². The van der Waals surface area contributed by atoms with Gasteiger partial charge in [-0.05, 0) is 31.5 Å². The van der Waals surface area contributed by atoms with Crippen LogP contribution in [-0.4, -0.2) is 31.0 Å². The van der Waals surface area contributed by atoms with Gasteiger partial charge in [-0.2, -0.15) is 0 Å². The maximum Gasteiger partial charge on any atom is 0.0897 e. The molecule has 0 saturated heterocycles. The van der Waals surface area contributed by atoms with Crippen LogP contribution in [0.5, 0.6) is 0 Å². The fourth-order valence-electron chi connectivity index (χ4n) is 1.52. The third-order valence-corrected chi connectivity index (χ3v) is 3.02. The van der Waals surface area contributed by atoms with E-state index in [1.165, 1.54) is 5.56 Å². The molecule has 0 radical (unpaired) electrons. The molecule has 1 aromatic carbocycles. The average molecular weight is 302 g/mol. The van der Waals surface area contributed by atoms with Gasteiger partial charge in [0.15, 0.2) is 0 Å². The average Bonchev–Trinajstić information content (AvgIpc) is 2.33. The molecule has 0 bridgehead atoms. The molecular formula is C13H20BrNO2. The van der Waals surface area contributed by atoms with E-state index in [-0.39, 0.29) is 6.04 Å². The van der Waals surface area contributed by atoms with Crippen LogP contribution >= 0.6 is 15.9 Å². The highest BCUT2D eigenvalue weighted by atomic mass is 79.9. The summed E-state index contributed by atoms with van der Waals surface area (Å²) in [4.78, 5) is 0. The Morgan fingerprint density at radius 1 is 1.47 bits per heavy atom. The van der Waals surface area contributed by atoms with Crippen LogP contribution < -0.4 is 5.32 Å². The quantitative estimate of drug-likeness (QED) is 0.813. The van der Waals surface area contributed by atoms with Crippen LogP contribution in [0.4, 0.5) is 0 Å². The minimum absolute atomic E-state index is 0.212. The number of aliphatic hydroxyl groups is 1. The van der Waals surface area contributed by atoms with E-state index in [1.807, 2.05) is 19.1 Å². The van der Waals surface area contributed by atoms with Gasteiger partial charge in [-0.1, -0.05) is 28.1 Å². The monoisotopic (exact) mass is 301 g/mol. The molecule has 3 nitrogen and oxygen atoms in total. The van der Waals surface area contributed by atoms with Crippen molar-refractivity contribution in [2.24, 2.45) is 0 Å². The number of halogens is 1. The SMILES string of the molecule is CCOCC(O)CNC(C)c1cccc(Br)c1. The van der Waals surface area contributed by atoms with Gasteiger partial charge >= 0.3 is 0 Å². The van der Waals surface area contributed by atoms with Gasteiger partial charge in [-0.25, -0.2) is 0 Å². The zero-order chi connectivity index (χ0) is 12.7. The number of hydrogen-bond donors (Lipinski definition) is 2. The van der Waals surface area contributed by atoms with Crippen LogP contribution in [0.3, 0.4) is 0 Å². The van der Waals surface area contributed by atoms with Gasteiger partial charge in [0.25, 0.3) is 0 Å². The first-order chi connectivity index (χ1) is 8.13. The van der Waals surface area contributed by atoms with Crippen molar-refractivity contribution in [2.45, 2.75) is 26.0 Å². The first kappa shape index (κ1) is 14.6. The van der Waals surface area contributed by atoms with E-state index in [2.05, 4.69) is 40.3 Å². The molecule has 0 aliphatic carbocycles. The highest BCUT2D eigenvalue weighted by Crippen LogP contribution is 2.17. The Bertz CT molecular complexity index is 333. The van der Waals surface area contributed by atoms with Gasteiger partial charge in [0, 0.05) is 23.7 Å². The van der Waals surface area contributed by atoms with Crippen LogP contribution in [0.15, 0.2) is 28.7 Å². The molecule has 0 saturated carbocycles. The summed E-state index contributed by atoms with van der Waals surface area (Å²) in [6.45, 7) is 5.56. The second-order valence-electron chi connectivity index (χ2n) is 4.00. The molecule has 2 unspecified atom stereocenters. The molecule has 1 aromatic rings. The van der Waals surface area contributed by atoms with Crippen LogP contribution in [-0.2, 0) is 4.74 Å². The van der Waals surface area contributed by atoms with Crippen molar-refractivity contribution in [1.82, 2.24) is 5.32 Å². The molecule has 0 amide bonds. The molecule has 0 aliphatic heterocycles. The highest BCUT2D eigenvalue weighted by Gasteiger charge is 2.08. The van der Waals surface area contributed by atoms with Gasteiger partial charge in [0.1, 0.15) is 0 Å². The smallest absolute Gasteiger partial charge is 0.0897 e. The lowest BCUT2D eigenvalue weighted by Gasteiger charge is -2.17. The molecule has 0 heterocycles. The standard InChI is InChI=1S/C13H20BrNO2/c1-3-17-9-13(16)8-15-10(2)11-5-4-6-12(14)7-11/h4-7,10,13,15-16H,3,8-9H2,1-2H3. The van der Waals surface area contributed by atoms with E-state index >= 15 is 0 Å². The Hall–Kier alpha value is -0.420. The number of rotatable bonds is 7. The first-order valence-electron chi connectivity index (χ1n) is 5.88. The predicted octanol–water partition coefficient (Wildman–Crippen LogP) is 2.50. The van der Waals surface area contributed by atoms with Crippen molar-refractivity contribution in [3.63, 3.8) is 0 Å². The van der Waals surface area contributed by atoms with Crippen LogP contribution in [0.25, 0.3) is 0 Å². The van der Waals surface area contributed by atoms with Crippen molar-refractivity contribution in [2.75, 3.05) is 19.8 Å². The van der Waals surface area contributed by atoms with E-state index in [0.29, 0.717) is 19.8 Å². The Balaban J connectivity index is 2.36. The van der Waals surface area contributed by atoms with Crippen molar-refractivity contribution in [1.29, 1.82) is 0 Å². The van der Waals surface area contributed by atoms with Gasteiger partial charge in [0.2, 0.25) is 0 Å². The Morgan fingerprint density at radius 3 is 2.88 bits per heavy atom.